The van der Waals surface area contributed by atoms with Gasteiger partial charge in [-0.3, -0.25) is 0 Å². The minimum atomic E-state index is -3.76. The van der Waals surface area contributed by atoms with Crippen LogP contribution < -0.4 is 9.88 Å². The third-order valence-electron chi connectivity index (χ3n) is 2.13. The van der Waals surface area contributed by atoms with E-state index in [1.54, 1.807) is 19.2 Å². The van der Waals surface area contributed by atoms with Crippen LogP contribution in [-0.2, 0) is 21.2 Å². The molecule has 1 rings (SSSR count). The van der Waals surface area contributed by atoms with E-state index in [0.717, 1.165) is 5.56 Å². The van der Waals surface area contributed by atoms with Crippen LogP contribution in [0.25, 0.3) is 0 Å². The van der Waals surface area contributed by atoms with Gasteiger partial charge in [0.2, 0.25) is 10.0 Å². The largest absolute Gasteiger partial charge is 0.495 e. The first-order chi connectivity index (χ1) is 7.49. The number of nitrogens with two attached hydrogens (primary N) is 1. The molecule has 0 atom stereocenters. The molecule has 1 aromatic rings. The minimum absolute atomic E-state index is 0.00334. The predicted molar refractivity (Wildman–Crippen MR) is 59.9 cm³/mol. The van der Waals surface area contributed by atoms with Gasteiger partial charge in [-0.1, -0.05) is 6.07 Å². The zero-order chi connectivity index (χ0) is 12.2. The number of hydrogen-bond donors (Lipinski definition) is 1. The Morgan fingerprint density at radius 3 is 2.50 bits per heavy atom. The lowest BCUT2D eigenvalue weighted by atomic mass is 10.1. The fraction of sp³-hybridized carbons (Fsp3) is 0.400. The summed E-state index contributed by atoms with van der Waals surface area (Å²) >= 11 is 0. The van der Waals surface area contributed by atoms with E-state index in [4.69, 9.17) is 14.6 Å². The molecule has 0 unspecified atom stereocenters. The zero-order valence-electron chi connectivity index (χ0n) is 9.26. The average Bonchev–Trinajstić information content (AvgIpc) is 2.24. The van der Waals surface area contributed by atoms with Gasteiger partial charge in [0, 0.05) is 7.11 Å². The van der Waals surface area contributed by atoms with Crippen molar-refractivity contribution in [2.75, 3.05) is 20.8 Å². The maximum absolute atomic E-state index is 11.3. The highest BCUT2D eigenvalue weighted by molar-refractivity contribution is 7.89. The van der Waals surface area contributed by atoms with E-state index in [-0.39, 0.29) is 10.6 Å². The molecule has 0 amide bonds. The molecule has 0 heterocycles. The smallest absolute Gasteiger partial charge is 0.241 e. The minimum Gasteiger partial charge on any atom is -0.495 e. The lowest BCUT2D eigenvalue weighted by Gasteiger charge is -2.08. The molecule has 0 aliphatic carbocycles. The highest BCUT2D eigenvalue weighted by Gasteiger charge is 2.15. The van der Waals surface area contributed by atoms with Crippen LogP contribution in [0.5, 0.6) is 5.75 Å². The maximum atomic E-state index is 11.3. The van der Waals surface area contributed by atoms with E-state index in [2.05, 4.69) is 0 Å². The summed E-state index contributed by atoms with van der Waals surface area (Å²) in [6, 6.07) is 4.88. The molecule has 0 saturated carbocycles. The van der Waals surface area contributed by atoms with Gasteiger partial charge in [-0.15, -0.1) is 0 Å². The molecule has 2 N–H and O–H groups in total. The van der Waals surface area contributed by atoms with Crippen LogP contribution in [0, 0.1) is 0 Å². The number of ether oxygens (including phenoxy) is 2. The summed E-state index contributed by atoms with van der Waals surface area (Å²) in [5.41, 5.74) is 0.840. The Labute approximate surface area is 95.2 Å². The third-order valence-corrected chi connectivity index (χ3v) is 3.06. The maximum Gasteiger partial charge on any atom is 0.241 e. The number of benzene rings is 1. The van der Waals surface area contributed by atoms with Gasteiger partial charge in [0.25, 0.3) is 0 Å². The normalized spacial score (nSPS) is 11.4. The molecule has 0 fully saturated rings. The molecule has 0 aliphatic heterocycles. The topological polar surface area (TPSA) is 78.6 Å². The van der Waals surface area contributed by atoms with Crippen LogP contribution in [0.1, 0.15) is 5.56 Å². The highest BCUT2D eigenvalue weighted by atomic mass is 32.2. The first-order valence-electron chi connectivity index (χ1n) is 4.67. The summed E-state index contributed by atoms with van der Waals surface area (Å²) in [7, 11) is -0.770. The Balaban J connectivity index is 3.12. The van der Waals surface area contributed by atoms with Gasteiger partial charge < -0.3 is 9.47 Å². The molecule has 5 nitrogen and oxygen atoms in total. The Hall–Kier alpha value is -1.11. The fourth-order valence-corrected chi connectivity index (χ4v) is 2.07. The van der Waals surface area contributed by atoms with Crippen LogP contribution in [0.15, 0.2) is 23.1 Å². The third kappa shape index (κ3) is 3.19. The predicted octanol–water partition coefficient (Wildman–Crippen LogP) is 0.531. The lowest BCUT2D eigenvalue weighted by molar-refractivity contribution is 0.202. The zero-order valence-corrected chi connectivity index (χ0v) is 10.1. The van der Waals surface area contributed by atoms with Crippen molar-refractivity contribution in [3.63, 3.8) is 0 Å². The van der Waals surface area contributed by atoms with Crippen LogP contribution >= 0.6 is 0 Å². The van der Waals surface area contributed by atoms with E-state index in [1.165, 1.54) is 13.2 Å². The lowest BCUT2D eigenvalue weighted by Crippen LogP contribution is -2.14. The van der Waals surface area contributed by atoms with Gasteiger partial charge in [-0.05, 0) is 24.1 Å². The molecule has 0 spiro atoms. The van der Waals surface area contributed by atoms with Crippen molar-refractivity contribution in [2.45, 2.75) is 11.3 Å². The molecule has 0 saturated heterocycles. The van der Waals surface area contributed by atoms with Crippen LogP contribution in [0.3, 0.4) is 0 Å². The van der Waals surface area contributed by atoms with Crippen molar-refractivity contribution >= 4 is 10.0 Å². The van der Waals surface area contributed by atoms with Gasteiger partial charge in [0.1, 0.15) is 10.6 Å². The molecule has 0 radical (unpaired) electrons. The van der Waals surface area contributed by atoms with E-state index in [0.29, 0.717) is 13.0 Å². The molecule has 6 heteroatoms. The fourth-order valence-electron chi connectivity index (χ4n) is 1.32. The average molecular weight is 245 g/mol. The number of rotatable bonds is 5. The van der Waals surface area contributed by atoms with Gasteiger partial charge >= 0.3 is 0 Å². The SMILES string of the molecule is COCCc1ccc(OC)c(S(N)(=O)=O)c1. The number of primary sulfonamides is 1. The summed E-state index contributed by atoms with van der Waals surface area (Å²) in [6.07, 6.45) is 0.628. The van der Waals surface area contributed by atoms with Crippen molar-refractivity contribution in [3.05, 3.63) is 23.8 Å². The summed E-state index contributed by atoms with van der Waals surface area (Å²) in [4.78, 5) is 0.00334. The standard InChI is InChI=1S/C10H15NO4S/c1-14-6-5-8-3-4-9(15-2)10(7-8)16(11,12)13/h3-4,7H,5-6H2,1-2H3,(H2,11,12,13). The van der Waals surface area contributed by atoms with E-state index in [1.807, 2.05) is 0 Å². The van der Waals surface area contributed by atoms with Crippen molar-refractivity contribution in [3.8, 4) is 5.75 Å². The van der Waals surface area contributed by atoms with E-state index >= 15 is 0 Å². The second-order valence-electron chi connectivity index (χ2n) is 3.27. The first-order valence-corrected chi connectivity index (χ1v) is 6.22. The molecule has 0 bridgehead atoms. The summed E-state index contributed by atoms with van der Waals surface area (Å²) < 4.78 is 32.5. The monoisotopic (exact) mass is 245 g/mol. The Bertz CT molecular complexity index is 456. The first kappa shape index (κ1) is 13.0. The van der Waals surface area contributed by atoms with Gasteiger partial charge in [0.15, 0.2) is 0 Å². The molecular weight excluding hydrogens is 230 g/mol. The second-order valence-corrected chi connectivity index (χ2v) is 4.80. The van der Waals surface area contributed by atoms with Crippen molar-refractivity contribution in [1.82, 2.24) is 0 Å². The number of hydrogen-bond acceptors (Lipinski definition) is 4. The molecule has 90 valence electrons. The van der Waals surface area contributed by atoms with Crippen molar-refractivity contribution in [1.29, 1.82) is 0 Å². The quantitative estimate of drug-likeness (QED) is 0.820. The number of methoxy groups -OCH3 is 2. The highest BCUT2D eigenvalue weighted by Crippen LogP contribution is 2.23. The molecule has 0 aliphatic rings. The van der Waals surface area contributed by atoms with Crippen molar-refractivity contribution in [2.24, 2.45) is 5.14 Å². The Kier molecular flexibility index (Phi) is 4.28. The molecule has 16 heavy (non-hydrogen) atoms. The van der Waals surface area contributed by atoms with Gasteiger partial charge in [-0.2, -0.15) is 0 Å². The van der Waals surface area contributed by atoms with Crippen LogP contribution in [0.2, 0.25) is 0 Å². The van der Waals surface area contributed by atoms with E-state index in [9.17, 15) is 8.42 Å². The van der Waals surface area contributed by atoms with E-state index < -0.39 is 10.0 Å². The molecular formula is C10H15NO4S. The summed E-state index contributed by atoms with van der Waals surface area (Å²) in [6.45, 7) is 0.524. The Morgan fingerprint density at radius 1 is 1.31 bits per heavy atom. The molecule has 1 aromatic carbocycles. The van der Waals surface area contributed by atoms with Crippen molar-refractivity contribution < 1.29 is 17.9 Å². The van der Waals surface area contributed by atoms with Crippen LogP contribution in [0.4, 0.5) is 0 Å². The van der Waals surface area contributed by atoms with Crippen LogP contribution in [-0.4, -0.2) is 29.2 Å². The summed E-state index contributed by atoms with van der Waals surface area (Å²) in [5.74, 6) is 0.253. The Morgan fingerprint density at radius 2 is 2.00 bits per heavy atom. The number of sulfonamides is 1. The van der Waals surface area contributed by atoms with Gasteiger partial charge in [0.05, 0.1) is 13.7 Å². The second kappa shape index (κ2) is 5.29. The summed E-state index contributed by atoms with van der Waals surface area (Å²) in [5, 5.41) is 5.09. The van der Waals surface area contributed by atoms with Gasteiger partial charge in [-0.25, -0.2) is 13.6 Å². The molecule has 0 aromatic heterocycles.